The van der Waals surface area contributed by atoms with Crippen molar-refractivity contribution < 1.29 is 18.3 Å². The first-order valence-corrected chi connectivity index (χ1v) is 5.16. The summed E-state index contributed by atoms with van der Waals surface area (Å²) >= 11 is 0. The van der Waals surface area contributed by atoms with Crippen LogP contribution >= 0.6 is 0 Å². The number of hydrogen-bond acceptors (Lipinski definition) is 4. The minimum Gasteiger partial charge on any atom is -0.461 e. The van der Waals surface area contributed by atoms with Gasteiger partial charge in [-0.3, -0.25) is 0 Å². The number of rotatable bonds is 3. The first kappa shape index (κ1) is 12.2. The first-order valence-electron chi connectivity index (χ1n) is 5.16. The van der Waals surface area contributed by atoms with Crippen molar-refractivity contribution in [2.75, 3.05) is 6.61 Å². The van der Waals surface area contributed by atoms with Crippen LogP contribution in [0, 0.1) is 11.6 Å². The smallest absolute Gasteiger partial charge is 0.360 e. The number of aromatic nitrogens is 3. The SMILES string of the molecule is CCOC(=O)c1cn(-c2cc(F)ccc2F)nn1. The number of benzene rings is 1. The van der Waals surface area contributed by atoms with Crippen LogP contribution in [0.2, 0.25) is 0 Å². The van der Waals surface area contributed by atoms with Crippen LogP contribution in [0.5, 0.6) is 0 Å². The fourth-order valence-electron chi connectivity index (χ4n) is 1.34. The fraction of sp³-hybridized carbons (Fsp3) is 0.182. The monoisotopic (exact) mass is 253 g/mol. The Labute approximate surface area is 101 Å². The largest absolute Gasteiger partial charge is 0.461 e. The highest BCUT2D eigenvalue weighted by atomic mass is 19.1. The summed E-state index contributed by atoms with van der Waals surface area (Å²) in [6.45, 7) is 1.84. The molecule has 0 spiro atoms. The lowest BCUT2D eigenvalue weighted by Crippen LogP contribution is -2.04. The average molecular weight is 253 g/mol. The molecule has 18 heavy (non-hydrogen) atoms. The Kier molecular flexibility index (Phi) is 3.31. The third kappa shape index (κ3) is 2.34. The third-order valence-electron chi connectivity index (χ3n) is 2.13. The number of hydrogen-bond donors (Lipinski definition) is 0. The predicted molar refractivity (Wildman–Crippen MR) is 57.2 cm³/mol. The van der Waals surface area contributed by atoms with Gasteiger partial charge in [0.1, 0.15) is 17.3 Å². The molecule has 0 amide bonds. The van der Waals surface area contributed by atoms with Crippen molar-refractivity contribution in [3.63, 3.8) is 0 Å². The van der Waals surface area contributed by atoms with Crippen LogP contribution in [-0.2, 0) is 4.74 Å². The molecule has 0 bridgehead atoms. The van der Waals surface area contributed by atoms with E-state index in [0.29, 0.717) is 0 Å². The maximum Gasteiger partial charge on any atom is 0.360 e. The van der Waals surface area contributed by atoms with Gasteiger partial charge in [0.2, 0.25) is 0 Å². The Bertz CT molecular complexity index is 583. The van der Waals surface area contributed by atoms with Crippen molar-refractivity contribution in [3.05, 3.63) is 41.7 Å². The highest BCUT2D eigenvalue weighted by Crippen LogP contribution is 2.14. The van der Waals surface area contributed by atoms with Gasteiger partial charge in [-0.05, 0) is 19.1 Å². The van der Waals surface area contributed by atoms with Crippen LogP contribution in [0.25, 0.3) is 5.69 Å². The molecule has 2 aromatic rings. The standard InChI is InChI=1S/C11H9F2N3O2/c1-2-18-11(17)9-6-16(15-14-9)10-5-7(12)3-4-8(10)13/h3-6H,2H2,1H3. The van der Waals surface area contributed by atoms with Gasteiger partial charge in [-0.25, -0.2) is 18.3 Å². The van der Waals surface area contributed by atoms with E-state index in [1.54, 1.807) is 6.92 Å². The summed E-state index contributed by atoms with van der Waals surface area (Å²) in [5.41, 5.74) is -0.196. The number of nitrogens with zero attached hydrogens (tertiary/aromatic N) is 3. The maximum absolute atomic E-state index is 13.4. The first-order chi connectivity index (χ1) is 8.61. The van der Waals surface area contributed by atoms with Gasteiger partial charge in [0.05, 0.1) is 12.8 Å². The highest BCUT2D eigenvalue weighted by molar-refractivity contribution is 5.86. The second kappa shape index (κ2) is 4.91. The summed E-state index contributed by atoms with van der Waals surface area (Å²) in [4.78, 5) is 11.3. The lowest BCUT2D eigenvalue weighted by atomic mass is 10.3. The molecule has 5 nitrogen and oxygen atoms in total. The molecule has 2 rings (SSSR count). The minimum absolute atomic E-state index is 0.0690. The molecule has 7 heteroatoms. The van der Waals surface area contributed by atoms with Gasteiger partial charge < -0.3 is 4.74 Å². The molecule has 0 fully saturated rings. The topological polar surface area (TPSA) is 57.0 Å². The number of esters is 1. The molecule has 0 unspecified atom stereocenters. The number of halogens is 2. The number of ether oxygens (including phenoxy) is 1. The molecule has 0 radical (unpaired) electrons. The lowest BCUT2D eigenvalue weighted by molar-refractivity contribution is 0.0519. The second-order valence-corrected chi connectivity index (χ2v) is 3.36. The van der Waals surface area contributed by atoms with Crippen LogP contribution in [0.1, 0.15) is 17.4 Å². The van der Waals surface area contributed by atoms with Crippen LogP contribution in [0.4, 0.5) is 8.78 Å². The third-order valence-corrected chi connectivity index (χ3v) is 2.13. The maximum atomic E-state index is 13.4. The lowest BCUT2D eigenvalue weighted by Gasteiger charge is -2.01. The van der Waals surface area contributed by atoms with Crippen molar-refractivity contribution in [2.24, 2.45) is 0 Å². The summed E-state index contributed by atoms with van der Waals surface area (Å²) in [7, 11) is 0. The molecule has 0 atom stereocenters. The molecular formula is C11H9F2N3O2. The van der Waals surface area contributed by atoms with Gasteiger partial charge in [0, 0.05) is 6.07 Å². The van der Waals surface area contributed by atoms with E-state index in [-0.39, 0.29) is 18.0 Å². The van der Waals surface area contributed by atoms with E-state index in [1.807, 2.05) is 0 Å². The average Bonchev–Trinajstić information content (AvgIpc) is 2.82. The molecule has 1 aromatic carbocycles. The van der Waals surface area contributed by atoms with Crippen molar-refractivity contribution in [1.82, 2.24) is 15.0 Å². The summed E-state index contributed by atoms with van der Waals surface area (Å²) in [5.74, 6) is -1.95. The molecule has 1 aromatic heterocycles. The van der Waals surface area contributed by atoms with Crippen molar-refractivity contribution in [2.45, 2.75) is 6.92 Å². The molecule has 1 heterocycles. The van der Waals surface area contributed by atoms with Crippen LogP contribution in [0.3, 0.4) is 0 Å². The van der Waals surface area contributed by atoms with Crippen LogP contribution in [0.15, 0.2) is 24.4 Å². The zero-order valence-electron chi connectivity index (χ0n) is 9.43. The molecule has 0 saturated heterocycles. The molecule has 0 N–H and O–H groups in total. The minimum atomic E-state index is -0.670. The summed E-state index contributed by atoms with van der Waals surface area (Å²) in [6, 6.07) is 2.91. The molecule has 0 saturated carbocycles. The van der Waals surface area contributed by atoms with E-state index in [9.17, 15) is 13.6 Å². The van der Waals surface area contributed by atoms with Gasteiger partial charge in [0.25, 0.3) is 0 Å². The van der Waals surface area contributed by atoms with Crippen LogP contribution < -0.4 is 0 Å². The zero-order chi connectivity index (χ0) is 13.1. The molecule has 0 aliphatic carbocycles. The fourth-order valence-corrected chi connectivity index (χ4v) is 1.34. The van der Waals surface area contributed by atoms with E-state index in [0.717, 1.165) is 22.9 Å². The quantitative estimate of drug-likeness (QED) is 0.781. The Hall–Kier alpha value is -2.31. The van der Waals surface area contributed by atoms with Gasteiger partial charge in [-0.15, -0.1) is 5.10 Å². The highest BCUT2D eigenvalue weighted by Gasteiger charge is 2.14. The Balaban J connectivity index is 2.35. The molecule has 0 aliphatic heterocycles. The Morgan fingerprint density at radius 2 is 2.22 bits per heavy atom. The van der Waals surface area contributed by atoms with Crippen LogP contribution in [-0.4, -0.2) is 27.6 Å². The normalized spacial score (nSPS) is 10.4. The van der Waals surface area contributed by atoms with E-state index in [2.05, 4.69) is 10.3 Å². The summed E-state index contributed by atoms with van der Waals surface area (Å²) < 4.78 is 32.1. The van der Waals surface area contributed by atoms with Gasteiger partial charge in [-0.1, -0.05) is 5.21 Å². The van der Waals surface area contributed by atoms with Gasteiger partial charge >= 0.3 is 5.97 Å². The zero-order valence-corrected chi connectivity index (χ0v) is 9.43. The van der Waals surface area contributed by atoms with Crippen molar-refractivity contribution >= 4 is 5.97 Å². The Morgan fingerprint density at radius 3 is 2.94 bits per heavy atom. The summed E-state index contributed by atoms with van der Waals surface area (Å²) in [6.07, 6.45) is 1.18. The molecular weight excluding hydrogens is 244 g/mol. The van der Waals surface area contributed by atoms with E-state index in [1.165, 1.54) is 6.20 Å². The van der Waals surface area contributed by atoms with Crippen molar-refractivity contribution in [1.29, 1.82) is 0 Å². The van der Waals surface area contributed by atoms with Gasteiger partial charge in [0.15, 0.2) is 5.69 Å². The van der Waals surface area contributed by atoms with Crippen molar-refractivity contribution in [3.8, 4) is 5.69 Å². The predicted octanol–water partition coefficient (Wildman–Crippen LogP) is 1.72. The second-order valence-electron chi connectivity index (χ2n) is 3.36. The summed E-state index contributed by atoms with van der Waals surface area (Å²) in [5, 5.41) is 7.08. The van der Waals surface area contributed by atoms with Gasteiger partial charge in [-0.2, -0.15) is 0 Å². The van der Waals surface area contributed by atoms with E-state index >= 15 is 0 Å². The van der Waals surface area contributed by atoms with E-state index in [4.69, 9.17) is 4.74 Å². The molecule has 0 aliphatic rings. The number of carbonyl (C=O) groups excluding carboxylic acids is 1. The molecule has 94 valence electrons. The number of carbonyl (C=O) groups is 1. The Morgan fingerprint density at radius 1 is 1.44 bits per heavy atom. The van der Waals surface area contributed by atoms with E-state index < -0.39 is 17.6 Å².